The number of piperazine rings is 1. The number of rotatable bonds is 8. The number of nitrogens with zero attached hydrogens (tertiary/aromatic N) is 3. The van der Waals surface area contributed by atoms with Gasteiger partial charge in [-0.25, -0.2) is 9.59 Å². The molecular formula is C31H37N3O5. The first-order valence-corrected chi connectivity index (χ1v) is 13.2. The number of amides is 1. The zero-order valence-electron chi connectivity index (χ0n) is 22.6. The average molecular weight is 532 g/mol. The highest BCUT2D eigenvalue weighted by Crippen LogP contribution is 2.30. The molecule has 39 heavy (non-hydrogen) atoms. The van der Waals surface area contributed by atoms with Crippen molar-refractivity contribution < 1.29 is 24.6 Å². The van der Waals surface area contributed by atoms with E-state index in [-0.39, 0.29) is 11.9 Å². The third-order valence-corrected chi connectivity index (χ3v) is 6.84. The lowest BCUT2D eigenvalue weighted by atomic mass is 9.95. The lowest BCUT2D eigenvalue weighted by Gasteiger charge is -2.40. The lowest BCUT2D eigenvalue weighted by molar-refractivity contribution is -0.159. The van der Waals surface area contributed by atoms with Gasteiger partial charge in [-0.05, 0) is 42.7 Å². The molecule has 3 aromatic rings. The molecule has 3 aromatic carbocycles. The van der Waals surface area contributed by atoms with E-state index in [1.54, 1.807) is 0 Å². The summed E-state index contributed by atoms with van der Waals surface area (Å²) in [5, 5.41) is 14.8. The smallest absolute Gasteiger partial charge is 0.414 e. The third kappa shape index (κ3) is 8.49. The number of carbonyl (C=O) groups excluding carboxylic acids is 1. The molecule has 8 heteroatoms. The predicted molar refractivity (Wildman–Crippen MR) is 151 cm³/mol. The van der Waals surface area contributed by atoms with Gasteiger partial charge in [0.1, 0.15) is 0 Å². The molecule has 0 radical (unpaired) electrons. The van der Waals surface area contributed by atoms with Crippen molar-refractivity contribution in [1.29, 1.82) is 0 Å². The minimum atomic E-state index is -1.82. The van der Waals surface area contributed by atoms with E-state index >= 15 is 0 Å². The molecule has 1 aliphatic heterocycles. The molecule has 0 aromatic heterocycles. The van der Waals surface area contributed by atoms with E-state index in [0.717, 1.165) is 51.4 Å². The van der Waals surface area contributed by atoms with E-state index in [9.17, 15) is 4.79 Å². The van der Waals surface area contributed by atoms with Gasteiger partial charge >= 0.3 is 11.9 Å². The molecule has 0 saturated carbocycles. The molecule has 1 heterocycles. The highest BCUT2D eigenvalue weighted by atomic mass is 16.4. The molecule has 0 aliphatic carbocycles. The first-order chi connectivity index (χ1) is 18.8. The van der Waals surface area contributed by atoms with Crippen molar-refractivity contribution in [3.05, 3.63) is 107 Å². The Morgan fingerprint density at radius 2 is 1.21 bits per heavy atom. The molecular weight excluding hydrogens is 494 g/mol. The fourth-order valence-corrected chi connectivity index (χ4v) is 4.77. The number of hydrogen-bond acceptors (Lipinski definition) is 5. The summed E-state index contributed by atoms with van der Waals surface area (Å²) < 4.78 is 0. The Kier molecular flexibility index (Phi) is 11.2. The zero-order valence-corrected chi connectivity index (χ0v) is 22.6. The Hall–Kier alpha value is -4.01. The summed E-state index contributed by atoms with van der Waals surface area (Å²) in [5.74, 6) is -3.54. The SMILES string of the molecule is CCN(CC)C(=O)c1ccc(C(c2ccccc2)N2CCN(Cc3ccccc3)CC2)cc1.O=C(O)C(=O)O. The van der Waals surface area contributed by atoms with Gasteiger partial charge in [0.2, 0.25) is 0 Å². The van der Waals surface area contributed by atoms with E-state index < -0.39 is 11.9 Å². The van der Waals surface area contributed by atoms with Crippen molar-refractivity contribution in [2.75, 3.05) is 39.3 Å². The van der Waals surface area contributed by atoms with Crippen LogP contribution >= 0.6 is 0 Å². The highest BCUT2D eigenvalue weighted by molar-refractivity contribution is 6.27. The minimum absolute atomic E-state index is 0.109. The molecule has 0 spiro atoms. The summed E-state index contributed by atoms with van der Waals surface area (Å²) in [6.07, 6.45) is 0. The van der Waals surface area contributed by atoms with Gasteiger partial charge in [-0.2, -0.15) is 0 Å². The average Bonchev–Trinajstić information content (AvgIpc) is 2.96. The zero-order chi connectivity index (χ0) is 28.2. The van der Waals surface area contributed by atoms with Gasteiger partial charge in [0.25, 0.3) is 5.91 Å². The van der Waals surface area contributed by atoms with Crippen molar-refractivity contribution in [3.8, 4) is 0 Å². The normalized spacial score (nSPS) is 14.5. The fourth-order valence-electron chi connectivity index (χ4n) is 4.77. The van der Waals surface area contributed by atoms with Crippen LogP contribution in [0, 0.1) is 0 Å². The lowest BCUT2D eigenvalue weighted by Crippen LogP contribution is -2.47. The van der Waals surface area contributed by atoms with Crippen LogP contribution in [0.25, 0.3) is 0 Å². The van der Waals surface area contributed by atoms with Crippen LogP contribution in [-0.2, 0) is 16.1 Å². The molecule has 1 saturated heterocycles. The predicted octanol–water partition coefficient (Wildman–Crippen LogP) is 4.23. The molecule has 1 aliphatic rings. The molecule has 8 nitrogen and oxygen atoms in total. The molecule has 4 rings (SSSR count). The minimum Gasteiger partial charge on any atom is -0.473 e. The molecule has 1 amide bonds. The Morgan fingerprint density at radius 1 is 0.718 bits per heavy atom. The van der Waals surface area contributed by atoms with Crippen LogP contribution in [0.3, 0.4) is 0 Å². The number of aliphatic carboxylic acids is 2. The molecule has 206 valence electrons. The van der Waals surface area contributed by atoms with Crippen LogP contribution < -0.4 is 0 Å². The standard InChI is InChI=1S/C29H35N3O.C2H2O4/c1-3-31(4-2)29(33)27-17-15-26(16-18-27)28(25-13-9-6-10-14-25)32-21-19-30(20-22-32)23-24-11-7-5-8-12-24;3-1(4)2(5)6/h5-18,28H,3-4,19-23H2,1-2H3;(H,3,4)(H,5,6). The van der Waals surface area contributed by atoms with Crippen LogP contribution in [0.2, 0.25) is 0 Å². The summed E-state index contributed by atoms with van der Waals surface area (Å²) in [5.41, 5.74) is 4.69. The Balaban J connectivity index is 0.000000631. The number of hydrogen-bond donors (Lipinski definition) is 2. The van der Waals surface area contributed by atoms with E-state index in [2.05, 4.69) is 82.6 Å². The Bertz CT molecular complexity index is 1180. The molecule has 0 bridgehead atoms. The van der Waals surface area contributed by atoms with Gasteiger partial charge < -0.3 is 15.1 Å². The van der Waals surface area contributed by atoms with Crippen molar-refractivity contribution >= 4 is 17.8 Å². The van der Waals surface area contributed by atoms with Crippen LogP contribution in [0.4, 0.5) is 0 Å². The fraction of sp³-hybridized carbons (Fsp3) is 0.323. The number of carbonyl (C=O) groups is 3. The number of carboxylic acids is 2. The third-order valence-electron chi connectivity index (χ3n) is 6.84. The van der Waals surface area contributed by atoms with Crippen LogP contribution in [0.5, 0.6) is 0 Å². The first kappa shape index (κ1) is 29.5. The summed E-state index contributed by atoms with van der Waals surface area (Å²) in [6.45, 7) is 10.7. The van der Waals surface area contributed by atoms with Crippen molar-refractivity contribution in [1.82, 2.24) is 14.7 Å². The second-order valence-corrected chi connectivity index (χ2v) is 9.32. The van der Waals surface area contributed by atoms with E-state index in [1.165, 1.54) is 16.7 Å². The van der Waals surface area contributed by atoms with E-state index in [1.807, 2.05) is 30.9 Å². The summed E-state index contributed by atoms with van der Waals surface area (Å²) in [6, 6.07) is 30.0. The Labute approximate surface area is 230 Å². The second kappa shape index (κ2) is 14.8. The van der Waals surface area contributed by atoms with Crippen LogP contribution in [0.1, 0.15) is 46.9 Å². The molecule has 1 atom stereocenters. The summed E-state index contributed by atoms with van der Waals surface area (Å²) >= 11 is 0. The maximum atomic E-state index is 12.8. The maximum absolute atomic E-state index is 12.8. The molecule has 2 N–H and O–H groups in total. The quantitative estimate of drug-likeness (QED) is 0.420. The van der Waals surface area contributed by atoms with E-state index in [4.69, 9.17) is 19.8 Å². The van der Waals surface area contributed by atoms with Crippen LogP contribution in [0.15, 0.2) is 84.9 Å². The van der Waals surface area contributed by atoms with Crippen molar-refractivity contribution in [3.63, 3.8) is 0 Å². The van der Waals surface area contributed by atoms with E-state index in [0.29, 0.717) is 0 Å². The summed E-state index contributed by atoms with van der Waals surface area (Å²) in [7, 11) is 0. The second-order valence-electron chi connectivity index (χ2n) is 9.32. The molecule has 1 unspecified atom stereocenters. The monoisotopic (exact) mass is 531 g/mol. The Morgan fingerprint density at radius 3 is 1.69 bits per heavy atom. The van der Waals surface area contributed by atoms with Gasteiger partial charge in [-0.15, -0.1) is 0 Å². The maximum Gasteiger partial charge on any atom is 0.414 e. The molecule has 1 fully saturated rings. The van der Waals surface area contributed by atoms with Gasteiger partial charge in [0.15, 0.2) is 0 Å². The largest absolute Gasteiger partial charge is 0.473 e. The topological polar surface area (TPSA) is 101 Å². The van der Waals surface area contributed by atoms with Gasteiger partial charge in [-0.1, -0.05) is 72.8 Å². The number of benzene rings is 3. The van der Waals surface area contributed by atoms with Crippen LogP contribution in [-0.4, -0.2) is 82.0 Å². The van der Waals surface area contributed by atoms with Gasteiger partial charge in [0, 0.05) is 51.4 Å². The highest BCUT2D eigenvalue weighted by Gasteiger charge is 2.26. The first-order valence-electron chi connectivity index (χ1n) is 13.2. The van der Waals surface area contributed by atoms with Crippen molar-refractivity contribution in [2.45, 2.75) is 26.4 Å². The van der Waals surface area contributed by atoms with Gasteiger partial charge in [0.05, 0.1) is 6.04 Å². The van der Waals surface area contributed by atoms with Crippen molar-refractivity contribution in [2.24, 2.45) is 0 Å². The van der Waals surface area contributed by atoms with Gasteiger partial charge in [-0.3, -0.25) is 14.6 Å². The summed E-state index contributed by atoms with van der Waals surface area (Å²) in [4.78, 5) is 37.9. The number of carboxylic acid groups (broad SMARTS) is 2.